The highest BCUT2D eigenvalue weighted by Crippen LogP contribution is 2.35. The normalized spacial score (nSPS) is 16.1. The van der Waals surface area contributed by atoms with Crippen molar-refractivity contribution in [1.82, 2.24) is 9.97 Å². The fourth-order valence-corrected chi connectivity index (χ4v) is 4.26. The van der Waals surface area contributed by atoms with E-state index in [1.165, 1.54) is 23.3 Å². The smallest absolute Gasteiger partial charge is 0.323 e. The molecule has 184 valence electrons. The Kier molecular flexibility index (Phi) is 7.31. The van der Waals surface area contributed by atoms with E-state index in [9.17, 15) is 9.18 Å². The van der Waals surface area contributed by atoms with Gasteiger partial charge in [-0.05, 0) is 61.6 Å². The van der Waals surface area contributed by atoms with Crippen LogP contribution < -0.4 is 16.0 Å². The van der Waals surface area contributed by atoms with Gasteiger partial charge in [0.05, 0.1) is 11.7 Å². The second kappa shape index (κ2) is 10.4. The first kappa shape index (κ1) is 24.6. The molecule has 0 bridgehead atoms. The maximum absolute atomic E-state index is 13.4. The molecule has 4 rings (SSSR count). The summed E-state index contributed by atoms with van der Waals surface area (Å²) >= 11 is 0. The van der Waals surface area contributed by atoms with E-state index in [0.717, 1.165) is 24.3 Å². The van der Waals surface area contributed by atoms with Gasteiger partial charge in [0, 0.05) is 17.8 Å². The minimum atomic E-state index is -0.702. The van der Waals surface area contributed by atoms with Gasteiger partial charge in [-0.3, -0.25) is 4.79 Å². The Bertz CT molecular complexity index is 1200. The summed E-state index contributed by atoms with van der Waals surface area (Å²) in [7, 11) is 0. The number of nitrogens with two attached hydrogens (primary N) is 1. The number of rotatable bonds is 7. The van der Waals surface area contributed by atoms with E-state index < -0.39 is 12.0 Å². The monoisotopic (exact) mass is 477 g/mol. The number of nitrogens with one attached hydrogen (secondary N) is 1. The number of carbonyl (C=O) groups excluding carboxylic acids is 1. The number of benzene rings is 2. The highest BCUT2D eigenvalue weighted by atomic mass is 19.1. The van der Waals surface area contributed by atoms with Crippen LogP contribution in [0.1, 0.15) is 49.2 Å². The van der Waals surface area contributed by atoms with Crippen LogP contribution in [0, 0.1) is 18.7 Å². The summed E-state index contributed by atoms with van der Waals surface area (Å²) < 4.78 is 18.9. The number of nitrogens with zero attached hydrogens (tertiary/aromatic N) is 3. The molecule has 0 radical (unpaired) electrons. The van der Waals surface area contributed by atoms with Crippen molar-refractivity contribution in [3.05, 3.63) is 76.7 Å². The fourth-order valence-electron chi connectivity index (χ4n) is 4.26. The van der Waals surface area contributed by atoms with Crippen molar-refractivity contribution in [3.63, 3.8) is 0 Å². The number of halogens is 1. The molecule has 0 aliphatic carbocycles. The molecular weight excluding hydrogens is 445 g/mol. The SMILES string of the molecule is Cc1c(COC(=O)C(N)C(C)C)nc(Nc2ccc(F)cc2)nc1N1CCc2ccccc2C1C. The summed E-state index contributed by atoms with van der Waals surface area (Å²) in [6.07, 6.45) is 0.901. The summed E-state index contributed by atoms with van der Waals surface area (Å²) in [4.78, 5) is 24.1. The number of ether oxygens (including phenoxy) is 1. The van der Waals surface area contributed by atoms with Gasteiger partial charge in [-0.15, -0.1) is 0 Å². The Morgan fingerprint density at radius 3 is 2.63 bits per heavy atom. The average Bonchev–Trinajstić information content (AvgIpc) is 2.85. The predicted octanol–water partition coefficient (Wildman–Crippen LogP) is 4.82. The van der Waals surface area contributed by atoms with E-state index in [1.54, 1.807) is 12.1 Å². The molecule has 1 aliphatic heterocycles. The molecule has 0 saturated carbocycles. The third-order valence-electron chi connectivity index (χ3n) is 6.53. The molecule has 1 aromatic heterocycles. The minimum Gasteiger partial charge on any atom is -0.458 e. The first-order chi connectivity index (χ1) is 16.7. The molecule has 2 aromatic carbocycles. The van der Waals surface area contributed by atoms with Crippen LogP contribution >= 0.6 is 0 Å². The number of carbonyl (C=O) groups is 1. The fraction of sp³-hybridized carbons (Fsp3) is 0.370. The maximum Gasteiger partial charge on any atom is 0.323 e. The molecule has 2 heterocycles. The molecule has 0 fully saturated rings. The molecule has 3 aromatic rings. The van der Waals surface area contributed by atoms with Gasteiger partial charge in [-0.1, -0.05) is 38.1 Å². The van der Waals surface area contributed by atoms with E-state index in [2.05, 4.69) is 46.4 Å². The summed E-state index contributed by atoms with van der Waals surface area (Å²) in [6, 6.07) is 13.8. The van der Waals surface area contributed by atoms with Crippen molar-refractivity contribution in [2.45, 2.75) is 52.8 Å². The van der Waals surface area contributed by atoms with Gasteiger partial charge in [-0.2, -0.15) is 4.98 Å². The second-order valence-electron chi connectivity index (χ2n) is 9.27. The molecule has 7 nitrogen and oxygen atoms in total. The highest BCUT2D eigenvalue weighted by Gasteiger charge is 2.28. The van der Waals surface area contributed by atoms with Gasteiger partial charge >= 0.3 is 5.97 Å². The molecule has 3 N–H and O–H groups in total. The van der Waals surface area contributed by atoms with Crippen LogP contribution in [0.25, 0.3) is 0 Å². The molecule has 0 spiro atoms. The zero-order chi connectivity index (χ0) is 25.1. The van der Waals surface area contributed by atoms with Crippen LogP contribution in [0.2, 0.25) is 0 Å². The van der Waals surface area contributed by atoms with Crippen molar-refractivity contribution in [2.24, 2.45) is 11.7 Å². The zero-order valence-corrected chi connectivity index (χ0v) is 20.6. The lowest BCUT2D eigenvalue weighted by Crippen LogP contribution is -2.37. The first-order valence-electron chi connectivity index (χ1n) is 11.9. The molecule has 0 saturated heterocycles. The Morgan fingerprint density at radius 2 is 1.91 bits per heavy atom. The molecule has 0 amide bonds. The van der Waals surface area contributed by atoms with E-state index in [1.807, 2.05) is 20.8 Å². The highest BCUT2D eigenvalue weighted by molar-refractivity contribution is 5.75. The number of anilines is 3. The third kappa shape index (κ3) is 5.43. The second-order valence-corrected chi connectivity index (χ2v) is 9.27. The molecule has 8 heteroatoms. The Balaban J connectivity index is 1.68. The third-order valence-corrected chi connectivity index (χ3v) is 6.53. The first-order valence-corrected chi connectivity index (χ1v) is 11.9. The molecule has 2 unspecified atom stereocenters. The quantitative estimate of drug-likeness (QED) is 0.471. The number of aromatic nitrogens is 2. The lowest BCUT2D eigenvalue weighted by atomic mass is 9.93. The Labute approximate surface area is 205 Å². The Hall–Kier alpha value is -3.52. The standard InChI is InChI=1S/C27H32FN5O2/c1-16(2)24(29)26(34)35-15-23-17(3)25(32-27(31-23)30-21-11-9-20(28)10-12-21)33-14-13-19-7-5-6-8-22(19)18(33)4/h5-12,16,18,24H,13-15,29H2,1-4H3,(H,30,31,32). The van der Waals surface area contributed by atoms with E-state index in [-0.39, 0.29) is 24.4 Å². The number of esters is 1. The van der Waals surface area contributed by atoms with E-state index in [4.69, 9.17) is 15.5 Å². The van der Waals surface area contributed by atoms with Crippen LogP contribution in [-0.2, 0) is 22.6 Å². The van der Waals surface area contributed by atoms with Crippen LogP contribution in [0.3, 0.4) is 0 Å². The van der Waals surface area contributed by atoms with Crippen LogP contribution in [0.4, 0.5) is 21.8 Å². The zero-order valence-electron chi connectivity index (χ0n) is 20.6. The lowest BCUT2D eigenvalue weighted by molar-refractivity contribution is -0.147. The van der Waals surface area contributed by atoms with Crippen LogP contribution in [-0.4, -0.2) is 28.5 Å². The van der Waals surface area contributed by atoms with Crippen LogP contribution in [0.15, 0.2) is 48.5 Å². The van der Waals surface area contributed by atoms with Gasteiger partial charge in [0.2, 0.25) is 5.95 Å². The van der Waals surface area contributed by atoms with E-state index in [0.29, 0.717) is 17.3 Å². The summed E-state index contributed by atoms with van der Waals surface area (Å²) in [6.45, 7) is 8.63. The van der Waals surface area contributed by atoms with Gasteiger partial charge in [-0.25, -0.2) is 9.37 Å². The van der Waals surface area contributed by atoms with Crippen molar-refractivity contribution in [1.29, 1.82) is 0 Å². The molecule has 1 aliphatic rings. The molecular formula is C27H32FN5O2. The number of fused-ring (bicyclic) bond motifs is 1. The predicted molar refractivity (Wildman–Crippen MR) is 135 cm³/mol. The minimum absolute atomic E-state index is 0.0164. The molecule has 2 atom stereocenters. The van der Waals surface area contributed by atoms with Crippen molar-refractivity contribution in [2.75, 3.05) is 16.8 Å². The van der Waals surface area contributed by atoms with Gasteiger partial charge in [0.1, 0.15) is 24.3 Å². The topological polar surface area (TPSA) is 93.4 Å². The van der Waals surface area contributed by atoms with Crippen molar-refractivity contribution >= 4 is 23.4 Å². The van der Waals surface area contributed by atoms with Crippen LogP contribution in [0.5, 0.6) is 0 Å². The van der Waals surface area contributed by atoms with Gasteiger partial charge in [0.15, 0.2) is 0 Å². The lowest BCUT2D eigenvalue weighted by Gasteiger charge is -2.37. The van der Waals surface area contributed by atoms with Gasteiger partial charge < -0.3 is 20.7 Å². The summed E-state index contributed by atoms with van der Waals surface area (Å²) in [5.74, 6) is 0.298. The Morgan fingerprint density at radius 1 is 1.20 bits per heavy atom. The van der Waals surface area contributed by atoms with Crippen molar-refractivity contribution in [3.8, 4) is 0 Å². The summed E-state index contributed by atoms with van der Waals surface area (Å²) in [5.41, 5.74) is 10.6. The molecule has 35 heavy (non-hydrogen) atoms. The number of hydrogen-bond donors (Lipinski definition) is 2. The largest absolute Gasteiger partial charge is 0.458 e. The summed E-state index contributed by atoms with van der Waals surface area (Å²) in [5, 5.41) is 3.16. The van der Waals surface area contributed by atoms with E-state index >= 15 is 0 Å². The van der Waals surface area contributed by atoms with Crippen molar-refractivity contribution < 1.29 is 13.9 Å². The van der Waals surface area contributed by atoms with Gasteiger partial charge in [0.25, 0.3) is 0 Å². The average molecular weight is 478 g/mol. The maximum atomic E-state index is 13.4. The number of hydrogen-bond acceptors (Lipinski definition) is 7.